The predicted octanol–water partition coefficient (Wildman–Crippen LogP) is 2.26. The number of aromatic amines is 1. The topological polar surface area (TPSA) is 98.9 Å². The molecular weight excluding hydrogens is 294 g/mol. The van der Waals surface area contributed by atoms with Crippen LogP contribution in [0.2, 0.25) is 0 Å². The van der Waals surface area contributed by atoms with Gasteiger partial charge in [0.2, 0.25) is 11.8 Å². The van der Waals surface area contributed by atoms with Crippen LogP contribution in [-0.2, 0) is 4.74 Å². The highest BCUT2D eigenvalue weighted by atomic mass is 16.5. The second-order valence-electron chi connectivity index (χ2n) is 4.82. The highest BCUT2D eigenvalue weighted by molar-refractivity contribution is 5.76. The number of hydrogen-bond acceptors (Lipinski definition) is 6. The number of nitrogens with one attached hydrogen (secondary N) is 1. The van der Waals surface area contributed by atoms with E-state index >= 15 is 0 Å². The highest BCUT2D eigenvalue weighted by Crippen LogP contribution is 2.23. The third-order valence-corrected chi connectivity index (χ3v) is 3.23. The average Bonchev–Trinajstić information content (AvgIpc) is 3.04. The zero-order valence-corrected chi connectivity index (χ0v) is 12.5. The van der Waals surface area contributed by atoms with E-state index in [0.29, 0.717) is 23.7 Å². The second kappa shape index (κ2) is 6.89. The molecule has 0 amide bonds. The van der Waals surface area contributed by atoms with Crippen molar-refractivity contribution in [1.29, 1.82) is 0 Å². The van der Waals surface area contributed by atoms with Crippen LogP contribution in [0.5, 0.6) is 5.88 Å². The Bertz CT molecular complexity index is 788. The number of hydrogen-bond donors (Lipinski definition) is 2. The summed E-state index contributed by atoms with van der Waals surface area (Å²) in [6, 6.07) is 9.83. The van der Waals surface area contributed by atoms with Gasteiger partial charge < -0.3 is 20.2 Å². The molecule has 3 N–H and O–H groups in total. The Kier molecular flexibility index (Phi) is 4.49. The summed E-state index contributed by atoms with van der Waals surface area (Å²) in [4.78, 5) is 15.2. The molecule has 0 aliphatic rings. The van der Waals surface area contributed by atoms with Crippen molar-refractivity contribution in [2.75, 3.05) is 18.9 Å². The van der Waals surface area contributed by atoms with E-state index in [1.165, 1.54) is 6.33 Å². The molecule has 3 aromatic rings. The number of fused-ring (bicyclic) bond motifs is 1. The monoisotopic (exact) mass is 311 g/mol. The Morgan fingerprint density at radius 3 is 2.87 bits per heavy atom. The number of nitrogens with zero attached hydrogens (tertiary/aromatic N) is 3. The summed E-state index contributed by atoms with van der Waals surface area (Å²) in [5.74, 6) is 0.469. The molecule has 7 heteroatoms. The first-order valence-corrected chi connectivity index (χ1v) is 7.14. The first-order valence-electron chi connectivity index (χ1n) is 7.14. The molecule has 2 heterocycles. The van der Waals surface area contributed by atoms with Gasteiger partial charge in [-0.3, -0.25) is 0 Å². The first-order chi connectivity index (χ1) is 11.3. The molecule has 2 aromatic heterocycles. The smallest absolute Gasteiger partial charge is 0.245 e. The molecule has 0 saturated heterocycles. The van der Waals surface area contributed by atoms with E-state index in [0.717, 1.165) is 5.56 Å². The van der Waals surface area contributed by atoms with Gasteiger partial charge in [-0.15, -0.1) is 6.58 Å². The number of nitrogen functional groups attached to an aromatic ring is 1. The van der Waals surface area contributed by atoms with Gasteiger partial charge in [-0.1, -0.05) is 36.4 Å². The van der Waals surface area contributed by atoms with Crippen LogP contribution in [0, 0.1) is 0 Å². The van der Waals surface area contributed by atoms with E-state index < -0.39 is 0 Å². The molecule has 0 spiro atoms. The molecule has 0 aliphatic heterocycles. The van der Waals surface area contributed by atoms with E-state index in [2.05, 4.69) is 26.5 Å². The predicted molar refractivity (Wildman–Crippen MR) is 86.9 cm³/mol. The molecular formula is C16H17N5O2. The molecule has 0 radical (unpaired) electrons. The number of H-pyrrole nitrogens is 1. The maximum atomic E-state index is 5.81. The number of aromatic nitrogens is 4. The SMILES string of the molecule is C=CCOC(COc1nc(N)nc2nc[nH]c12)c1ccccc1. The number of benzene rings is 1. The lowest BCUT2D eigenvalue weighted by molar-refractivity contribution is 0.0348. The van der Waals surface area contributed by atoms with Gasteiger partial charge in [-0.25, -0.2) is 4.98 Å². The van der Waals surface area contributed by atoms with E-state index in [9.17, 15) is 0 Å². The summed E-state index contributed by atoms with van der Waals surface area (Å²) in [5, 5.41) is 0. The molecule has 1 atom stereocenters. The van der Waals surface area contributed by atoms with Crippen LogP contribution in [0.4, 0.5) is 5.95 Å². The third-order valence-electron chi connectivity index (χ3n) is 3.23. The zero-order valence-electron chi connectivity index (χ0n) is 12.5. The maximum Gasteiger partial charge on any atom is 0.245 e. The van der Waals surface area contributed by atoms with Crippen molar-refractivity contribution < 1.29 is 9.47 Å². The summed E-state index contributed by atoms with van der Waals surface area (Å²) < 4.78 is 11.6. The normalized spacial score (nSPS) is 12.2. The molecule has 3 rings (SSSR count). The third kappa shape index (κ3) is 3.46. The molecule has 0 fully saturated rings. The molecule has 0 bridgehead atoms. The van der Waals surface area contributed by atoms with Crippen molar-refractivity contribution in [2.24, 2.45) is 0 Å². The summed E-state index contributed by atoms with van der Waals surface area (Å²) >= 11 is 0. The molecule has 0 aliphatic carbocycles. The van der Waals surface area contributed by atoms with Gasteiger partial charge in [0.1, 0.15) is 18.2 Å². The minimum atomic E-state index is -0.247. The number of imidazole rings is 1. The van der Waals surface area contributed by atoms with Gasteiger partial charge in [0.05, 0.1) is 12.9 Å². The van der Waals surface area contributed by atoms with Crippen molar-refractivity contribution in [3.63, 3.8) is 0 Å². The zero-order chi connectivity index (χ0) is 16.1. The van der Waals surface area contributed by atoms with Crippen molar-refractivity contribution >= 4 is 17.1 Å². The number of rotatable bonds is 7. The lowest BCUT2D eigenvalue weighted by atomic mass is 10.1. The van der Waals surface area contributed by atoms with E-state index in [4.69, 9.17) is 15.2 Å². The fourth-order valence-corrected chi connectivity index (χ4v) is 2.17. The number of ether oxygens (including phenoxy) is 2. The Labute approximate surface area is 133 Å². The van der Waals surface area contributed by atoms with Crippen LogP contribution in [0.1, 0.15) is 11.7 Å². The van der Waals surface area contributed by atoms with Gasteiger partial charge in [0.25, 0.3) is 0 Å². The van der Waals surface area contributed by atoms with Crippen LogP contribution in [0.3, 0.4) is 0 Å². The Morgan fingerprint density at radius 1 is 1.26 bits per heavy atom. The largest absolute Gasteiger partial charge is 0.473 e. The van der Waals surface area contributed by atoms with Crippen LogP contribution in [-0.4, -0.2) is 33.1 Å². The Balaban J connectivity index is 1.80. The van der Waals surface area contributed by atoms with Gasteiger partial charge in [0.15, 0.2) is 5.65 Å². The quantitative estimate of drug-likeness (QED) is 0.649. The van der Waals surface area contributed by atoms with E-state index in [1.54, 1.807) is 6.08 Å². The first kappa shape index (κ1) is 15.0. The highest BCUT2D eigenvalue weighted by Gasteiger charge is 2.15. The standard InChI is InChI=1S/C16H17N5O2/c1-2-8-22-12(11-6-4-3-5-7-11)9-23-15-13-14(19-10-18-13)20-16(17)21-15/h2-7,10,12H,1,8-9H2,(H3,17,18,19,20,21). The van der Waals surface area contributed by atoms with Crippen LogP contribution >= 0.6 is 0 Å². The van der Waals surface area contributed by atoms with E-state index in [-0.39, 0.29) is 18.7 Å². The van der Waals surface area contributed by atoms with Gasteiger partial charge >= 0.3 is 0 Å². The minimum Gasteiger partial charge on any atom is -0.473 e. The second-order valence-corrected chi connectivity index (χ2v) is 4.82. The molecule has 0 saturated carbocycles. The summed E-state index contributed by atoms with van der Waals surface area (Å²) in [5.41, 5.74) is 7.77. The Hall–Kier alpha value is -2.93. The van der Waals surface area contributed by atoms with E-state index in [1.807, 2.05) is 30.3 Å². The van der Waals surface area contributed by atoms with Crippen molar-refractivity contribution in [3.05, 3.63) is 54.9 Å². The summed E-state index contributed by atoms with van der Waals surface area (Å²) in [6.45, 7) is 4.38. The molecule has 1 aromatic carbocycles. The molecule has 118 valence electrons. The Morgan fingerprint density at radius 2 is 2.09 bits per heavy atom. The van der Waals surface area contributed by atoms with Crippen molar-refractivity contribution in [2.45, 2.75) is 6.10 Å². The fourth-order valence-electron chi connectivity index (χ4n) is 2.17. The lowest BCUT2D eigenvalue weighted by Gasteiger charge is -2.18. The van der Waals surface area contributed by atoms with Gasteiger partial charge in [-0.2, -0.15) is 9.97 Å². The van der Waals surface area contributed by atoms with Crippen LogP contribution in [0.15, 0.2) is 49.3 Å². The average molecular weight is 311 g/mol. The molecule has 7 nitrogen and oxygen atoms in total. The lowest BCUT2D eigenvalue weighted by Crippen LogP contribution is -2.15. The van der Waals surface area contributed by atoms with Crippen LogP contribution < -0.4 is 10.5 Å². The van der Waals surface area contributed by atoms with Crippen molar-refractivity contribution in [3.8, 4) is 5.88 Å². The fraction of sp³-hybridized carbons (Fsp3) is 0.188. The van der Waals surface area contributed by atoms with Gasteiger partial charge in [0, 0.05) is 0 Å². The summed E-state index contributed by atoms with van der Waals surface area (Å²) in [6.07, 6.45) is 2.98. The molecule has 23 heavy (non-hydrogen) atoms. The van der Waals surface area contributed by atoms with Crippen LogP contribution in [0.25, 0.3) is 11.2 Å². The van der Waals surface area contributed by atoms with Gasteiger partial charge in [-0.05, 0) is 5.56 Å². The maximum absolute atomic E-state index is 5.81. The number of anilines is 1. The minimum absolute atomic E-state index is 0.114. The molecule has 1 unspecified atom stereocenters. The number of nitrogens with two attached hydrogens (primary N) is 1. The summed E-state index contributed by atoms with van der Waals surface area (Å²) in [7, 11) is 0. The van der Waals surface area contributed by atoms with Crippen molar-refractivity contribution in [1.82, 2.24) is 19.9 Å².